The van der Waals surface area contributed by atoms with E-state index in [4.69, 9.17) is 18.5 Å². The summed E-state index contributed by atoms with van der Waals surface area (Å²) in [6.07, 6.45) is -6.20. The van der Waals surface area contributed by atoms with Gasteiger partial charge in [-0.15, -0.1) is 0 Å². The van der Waals surface area contributed by atoms with Gasteiger partial charge in [-0.3, -0.25) is 24.5 Å². The molecule has 2 aromatic carbocycles. The number of hydrogen-bond donors (Lipinski definition) is 1. The first-order chi connectivity index (χ1) is 17.2. The van der Waals surface area contributed by atoms with Gasteiger partial charge in [-0.25, -0.2) is 0 Å². The van der Waals surface area contributed by atoms with Gasteiger partial charge < -0.3 is 4.90 Å². The van der Waals surface area contributed by atoms with E-state index in [1.807, 2.05) is 0 Å². The molecule has 2 aliphatic heterocycles. The molecule has 1 saturated heterocycles. The molecule has 9 heteroatoms. The van der Waals surface area contributed by atoms with Gasteiger partial charge >= 0.3 is 5.92 Å². The Morgan fingerprint density at radius 3 is 2.72 bits per heavy atom. The maximum absolute atomic E-state index is 14.6. The number of Topliss-reactive ketones (excluding diaryl/α,β-unsaturated/α-hetero) is 1. The summed E-state index contributed by atoms with van der Waals surface area (Å²) >= 11 is 5.70. The van der Waals surface area contributed by atoms with Crippen molar-refractivity contribution in [3.63, 3.8) is 0 Å². The van der Waals surface area contributed by atoms with Crippen molar-refractivity contribution in [1.29, 1.82) is 0 Å². The average Bonchev–Trinajstić information content (AvgIpc) is 3.21. The quantitative estimate of drug-likeness (QED) is 0.663. The van der Waals surface area contributed by atoms with Gasteiger partial charge in [0, 0.05) is 39.6 Å². The van der Waals surface area contributed by atoms with Crippen molar-refractivity contribution >= 4 is 35.1 Å². The molecule has 3 amide bonds. The molecule has 0 saturated carbocycles. The number of hydrogen-bond acceptors (Lipinski definition) is 4. The molecule has 166 valence electrons. The summed E-state index contributed by atoms with van der Waals surface area (Å²) in [6, 6.07) is 5.61. The molecule has 0 aromatic heterocycles. The molecule has 0 bridgehead atoms. The van der Waals surface area contributed by atoms with Gasteiger partial charge in [0.15, 0.2) is 1.41 Å². The number of carbonyl (C=O) groups is 4. The lowest BCUT2D eigenvalue weighted by Gasteiger charge is -2.29. The second-order valence-corrected chi connectivity index (χ2v) is 7.63. The first-order valence-corrected chi connectivity index (χ1v) is 9.85. The minimum absolute atomic E-state index is 0.00959. The van der Waals surface area contributed by atoms with Gasteiger partial charge in [0.25, 0.3) is 5.91 Å². The molecule has 2 heterocycles. The molecule has 6 nitrogen and oxygen atoms in total. The van der Waals surface area contributed by atoms with Crippen LogP contribution in [0.15, 0.2) is 42.5 Å². The normalized spacial score (nSPS) is 29.0. The number of aryl methyl sites for hydroxylation is 1. The molecule has 4 unspecified atom stereocenters. The predicted octanol–water partition coefficient (Wildman–Crippen LogP) is 3.39. The second-order valence-electron chi connectivity index (χ2n) is 7.19. The highest BCUT2D eigenvalue weighted by molar-refractivity contribution is 6.30. The van der Waals surface area contributed by atoms with Crippen LogP contribution in [0.3, 0.4) is 0 Å². The van der Waals surface area contributed by atoms with Gasteiger partial charge in [0.2, 0.25) is 17.6 Å². The topological polar surface area (TPSA) is 83.6 Å². The highest BCUT2D eigenvalue weighted by Crippen LogP contribution is 2.32. The van der Waals surface area contributed by atoms with Crippen molar-refractivity contribution < 1.29 is 34.9 Å². The third-order valence-electron chi connectivity index (χ3n) is 5.12. The molecule has 4 rings (SSSR count). The number of piperidine rings is 1. The Morgan fingerprint density at radius 1 is 1.28 bits per heavy atom. The Labute approximate surface area is 194 Å². The van der Waals surface area contributed by atoms with E-state index >= 15 is 0 Å². The summed E-state index contributed by atoms with van der Waals surface area (Å²) in [5.41, 5.74) is -0.226. The van der Waals surface area contributed by atoms with Crippen molar-refractivity contribution in [3.8, 4) is 0 Å². The predicted molar refractivity (Wildman–Crippen MR) is 111 cm³/mol. The van der Waals surface area contributed by atoms with E-state index in [9.17, 15) is 28.0 Å². The van der Waals surface area contributed by atoms with E-state index in [0.717, 1.165) is 12.1 Å². The van der Waals surface area contributed by atoms with Crippen LogP contribution >= 0.6 is 11.6 Å². The number of nitrogens with one attached hydrogen (secondary N) is 1. The summed E-state index contributed by atoms with van der Waals surface area (Å²) in [6.45, 7) is -0.414. The number of ketones is 1. The fraction of sp³-hybridized carbons (Fsp3) is 0.304. The van der Waals surface area contributed by atoms with Crippen LogP contribution in [0.5, 0.6) is 0 Å². The maximum atomic E-state index is 14.6. The number of rotatable bonds is 6. The number of amides is 3. The van der Waals surface area contributed by atoms with Gasteiger partial charge in [-0.05, 0) is 42.1 Å². The molecule has 0 spiro atoms. The van der Waals surface area contributed by atoms with Crippen LogP contribution in [-0.4, -0.2) is 34.4 Å². The summed E-state index contributed by atoms with van der Waals surface area (Å²) in [4.78, 5) is 50.5. The number of fused-ring (bicyclic) bond motifs is 1. The molecule has 0 radical (unpaired) electrons. The van der Waals surface area contributed by atoms with E-state index in [2.05, 4.69) is 0 Å². The van der Waals surface area contributed by atoms with Crippen molar-refractivity contribution in [2.75, 3.05) is 0 Å². The number of halogens is 3. The molecule has 4 atom stereocenters. The first kappa shape index (κ1) is 16.5. The number of alkyl halides is 2. The zero-order valence-corrected chi connectivity index (χ0v) is 17.1. The summed E-state index contributed by atoms with van der Waals surface area (Å²) < 4.78 is 69.6. The molecule has 2 aliphatic rings. The molecular formula is C23H19ClF2N2O4. The van der Waals surface area contributed by atoms with Gasteiger partial charge in [-0.1, -0.05) is 35.9 Å². The Bertz CT molecular complexity index is 1310. The number of carbonyl (C=O) groups excluding carboxylic acids is 4. The van der Waals surface area contributed by atoms with E-state index < -0.39 is 73.2 Å². The molecule has 1 fully saturated rings. The number of nitrogens with zero attached hydrogens (tertiary/aromatic N) is 1. The zero-order valence-electron chi connectivity index (χ0n) is 21.3. The van der Waals surface area contributed by atoms with E-state index in [0.29, 0.717) is 4.90 Å². The van der Waals surface area contributed by atoms with Gasteiger partial charge in [0.05, 0.1) is 1.37 Å². The summed E-state index contributed by atoms with van der Waals surface area (Å²) in [7, 11) is 0. The molecule has 0 aliphatic carbocycles. The largest absolute Gasteiger partial charge is 0.330 e. The van der Waals surface area contributed by atoms with Crippen LogP contribution in [0, 0.1) is 0 Å². The third kappa shape index (κ3) is 4.14. The Balaban J connectivity index is 1.56. The van der Waals surface area contributed by atoms with E-state index in [1.54, 1.807) is 0 Å². The first-order valence-electron chi connectivity index (χ1n) is 12.1. The van der Waals surface area contributed by atoms with E-state index in [-0.39, 0.29) is 27.0 Å². The fourth-order valence-corrected chi connectivity index (χ4v) is 3.57. The Kier molecular flexibility index (Phi) is 4.34. The smallest absolute Gasteiger partial charge is 0.322 e. The summed E-state index contributed by atoms with van der Waals surface area (Å²) in [5.74, 6) is -8.94. The molecular weight excluding hydrogens is 442 g/mol. The lowest BCUT2D eigenvalue weighted by molar-refractivity contribution is -0.144. The van der Waals surface area contributed by atoms with Crippen molar-refractivity contribution in [3.05, 3.63) is 69.7 Å². The van der Waals surface area contributed by atoms with Crippen molar-refractivity contribution in [1.82, 2.24) is 10.2 Å². The lowest BCUT2D eigenvalue weighted by atomic mass is 9.97. The van der Waals surface area contributed by atoms with Crippen LogP contribution in [0.4, 0.5) is 8.78 Å². The van der Waals surface area contributed by atoms with Gasteiger partial charge in [-0.2, -0.15) is 8.78 Å². The van der Waals surface area contributed by atoms with Crippen molar-refractivity contribution in [2.45, 2.75) is 44.1 Å². The van der Waals surface area contributed by atoms with Crippen LogP contribution in [0.1, 0.15) is 51.7 Å². The lowest BCUT2D eigenvalue weighted by Crippen LogP contribution is -2.52. The third-order valence-corrected chi connectivity index (χ3v) is 5.37. The maximum Gasteiger partial charge on any atom is 0.330 e. The number of imide groups is 1. The van der Waals surface area contributed by atoms with Crippen LogP contribution in [0.25, 0.3) is 0 Å². The van der Waals surface area contributed by atoms with E-state index in [1.165, 1.54) is 30.3 Å². The minimum atomic E-state index is -3.86. The summed E-state index contributed by atoms with van der Waals surface area (Å²) in [5, 5.41) is 0.0254. The van der Waals surface area contributed by atoms with Gasteiger partial charge in [0.1, 0.15) is 6.02 Å². The van der Waals surface area contributed by atoms with Crippen molar-refractivity contribution in [2.24, 2.45) is 0 Å². The standard InChI is InChI=1S/C23H19ClF2N2O4/c24-16-5-3-15(4-6-16)23(25,26)19(29)9-2-13-1-7-17-14(11-13)12-28(22(17)32)18-8-10-20(30)27-21(18)31/h1,3-7,11,18H,2,8-10,12H2,(H,27,30,31)/i2D,8D,10D,18D/hD. The molecule has 2 aromatic rings. The Morgan fingerprint density at radius 2 is 2.00 bits per heavy atom. The van der Waals surface area contributed by atoms with Crippen LogP contribution < -0.4 is 5.31 Å². The average molecular weight is 466 g/mol. The zero-order chi connectivity index (χ0) is 27.4. The monoisotopic (exact) mass is 465 g/mol. The minimum Gasteiger partial charge on any atom is -0.322 e. The van der Waals surface area contributed by atoms with Crippen LogP contribution in [0.2, 0.25) is 6.43 Å². The number of benzene rings is 2. The van der Waals surface area contributed by atoms with Crippen LogP contribution in [-0.2, 0) is 33.2 Å². The molecule has 1 N–H and O–H groups in total. The highest BCUT2D eigenvalue weighted by atomic mass is 35.5. The SMILES string of the molecule is [2H]C(CC(=O)C(F)(F)c1ccc(Cl)cc1)c1ccc2c(c1)CN(C1([2H])C(=O)N([2H])C(=O)C([2H])C1[2H])C2=O. The Hall–Kier alpha value is -3.13. The second kappa shape index (κ2) is 8.43. The highest BCUT2D eigenvalue weighted by Gasteiger charge is 2.41. The fourth-order valence-electron chi connectivity index (χ4n) is 3.44. The molecule has 32 heavy (non-hydrogen) atoms.